The van der Waals surface area contributed by atoms with Crippen LogP contribution in [0, 0.1) is 0 Å². The first-order valence-corrected chi connectivity index (χ1v) is 9.83. The topological polar surface area (TPSA) is 51.5 Å². The average molecular weight is 391 g/mol. The first-order valence-electron chi connectivity index (χ1n) is 9.83. The highest BCUT2D eigenvalue weighted by Gasteiger charge is 2.46. The zero-order valence-electron chi connectivity index (χ0n) is 16.0. The molecular weight excluding hydrogens is 374 g/mol. The van der Waals surface area contributed by atoms with E-state index in [1.54, 1.807) is 0 Å². The molecule has 0 aliphatic carbocycles. The van der Waals surface area contributed by atoms with E-state index >= 15 is 0 Å². The molecule has 5 aromatic rings. The molecule has 0 saturated carbocycles. The fraction of sp³-hybridized carbons (Fsp3) is 0.0385. The molecule has 1 amide bonds. The minimum Gasteiger partial charge on any atom is -0.454 e. The monoisotopic (exact) mass is 391 g/mol. The van der Waals surface area contributed by atoms with Crippen molar-refractivity contribution in [1.82, 2.24) is 0 Å². The lowest BCUT2D eigenvalue weighted by Gasteiger charge is -2.39. The summed E-state index contributed by atoms with van der Waals surface area (Å²) in [4.78, 5) is 12.9. The number of hydrogen-bond acceptors (Lipinski definition) is 3. The number of anilines is 1. The van der Waals surface area contributed by atoms with E-state index in [1.807, 2.05) is 97.1 Å². The molecular formula is C26H17NO3. The summed E-state index contributed by atoms with van der Waals surface area (Å²) in [6.07, 6.45) is -0.511. The molecule has 6 rings (SSSR count). The normalized spacial score (nSPS) is 14.9. The number of carbonyl (C=O) groups excluding carboxylic acids is 1. The maximum Gasteiger partial charge on any atom is 0.413 e. The maximum atomic E-state index is 12.9. The van der Waals surface area contributed by atoms with Crippen LogP contribution in [0.4, 0.5) is 10.5 Å². The molecule has 30 heavy (non-hydrogen) atoms. The van der Waals surface area contributed by atoms with E-state index in [0.717, 1.165) is 33.0 Å². The Balaban J connectivity index is 1.75. The van der Waals surface area contributed by atoms with Gasteiger partial charge in [-0.3, -0.25) is 5.32 Å². The van der Waals surface area contributed by atoms with Crippen molar-refractivity contribution >= 4 is 33.7 Å². The number of furan rings is 1. The minimum absolute atomic E-state index is 0.511. The van der Waals surface area contributed by atoms with Gasteiger partial charge in [0.1, 0.15) is 5.58 Å². The second kappa shape index (κ2) is 6.22. The van der Waals surface area contributed by atoms with Gasteiger partial charge < -0.3 is 9.15 Å². The van der Waals surface area contributed by atoms with Gasteiger partial charge in [-0.1, -0.05) is 84.9 Å². The number of carbonyl (C=O) groups is 1. The van der Waals surface area contributed by atoms with Gasteiger partial charge in [0, 0.05) is 27.5 Å². The Kier molecular flexibility index (Phi) is 3.50. The van der Waals surface area contributed by atoms with Crippen LogP contribution in [0.25, 0.3) is 21.9 Å². The van der Waals surface area contributed by atoms with E-state index in [-0.39, 0.29) is 0 Å². The van der Waals surface area contributed by atoms with Crippen molar-refractivity contribution in [3.05, 3.63) is 114 Å². The summed E-state index contributed by atoms with van der Waals surface area (Å²) in [5.41, 5.74) is 3.60. The Morgan fingerprint density at radius 3 is 2.00 bits per heavy atom. The number of cyclic esters (lactones) is 1. The van der Waals surface area contributed by atoms with Crippen LogP contribution < -0.4 is 5.32 Å². The third-order valence-corrected chi connectivity index (χ3v) is 5.76. The molecule has 0 fully saturated rings. The number of nitrogens with one attached hydrogen (secondary N) is 1. The maximum absolute atomic E-state index is 12.9. The van der Waals surface area contributed by atoms with Crippen LogP contribution in [-0.2, 0) is 10.3 Å². The van der Waals surface area contributed by atoms with Gasteiger partial charge in [-0.05, 0) is 12.1 Å². The first kappa shape index (κ1) is 16.9. The van der Waals surface area contributed by atoms with E-state index in [2.05, 4.69) is 5.32 Å². The second-order valence-corrected chi connectivity index (χ2v) is 7.39. The molecule has 0 atom stereocenters. The molecule has 0 radical (unpaired) electrons. The second-order valence-electron chi connectivity index (χ2n) is 7.39. The Labute approximate surface area is 172 Å². The van der Waals surface area contributed by atoms with Crippen molar-refractivity contribution in [2.24, 2.45) is 0 Å². The number of hydrogen-bond donors (Lipinski definition) is 1. The Morgan fingerprint density at radius 1 is 0.667 bits per heavy atom. The number of para-hydroxylation sites is 1. The number of fused-ring (bicyclic) bond motifs is 5. The zero-order valence-corrected chi connectivity index (χ0v) is 16.0. The van der Waals surface area contributed by atoms with E-state index in [0.29, 0.717) is 11.3 Å². The molecule has 1 N–H and O–H groups in total. The van der Waals surface area contributed by atoms with Gasteiger partial charge in [-0.15, -0.1) is 0 Å². The molecule has 4 nitrogen and oxygen atoms in total. The first-order chi connectivity index (χ1) is 14.8. The van der Waals surface area contributed by atoms with Crippen LogP contribution in [-0.4, -0.2) is 6.09 Å². The summed E-state index contributed by atoms with van der Waals surface area (Å²) in [5.74, 6) is 0. The van der Waals surface area contributed by atoms with Crippen LogP contribution in [0.5, 0.6) is 0 Å². The highest BCUT2D eigenvalue weighted by atomic mass is 16.6. The number of ether oxygens (including phenoxy) is 1. The van der Waals surface area contributed by atoms with E-state index < -0.39 is 11.7 Å². The molecule has 144 valence electrons. The molecule has 0 bridgehead atoms. The highest BCUT2D eigenvalue weighted by Crippen LogP contribution is 2.49. The third kappa shape index (κ3) is 2.25. The molecule has 4 heteroatoms. The molecule has 2 heterocycles. The van der Waals surface area contributed by atoms with Gasteiger partial charge in [0.15, 0.2) is 11.2 Å². The molecule has 0 saturated heterocycles. The van der Waals surface area contributed by atoms with Crippen molar-refractivity contribution in [3.63, 3.8) is 0 Å². The van der Waals surface area contributed by atoms with Gasteiger partial charge in [-0.25, -0.2) is 4.79 Å². The number of rotatable bonds is 2. The van der Waals surface area contributed by atoms with Gasteiger partial charge in [-0.2, -0.15) is 0 Å². The van der Waals surface area contributed by atoms with Gasteiger partial charge in [0.2, 0.25) is 0 Å². The van der Waals surface area contributed by atoms with Crippen LogP contribution in [0.3, 0.4) is 0 Å². The summed E-state index contributed by atoms with van der Waals surface area (Å²) in [6.45, 7) is 0. The van der Waals surface area contributed by atoms with E-state index in [4.69, 9.17) is 9.15 Å². The Morgan fingerprint density at radius 2 is 1.30 bits per heavy atom. The standard InChI is InChI=1S/C26H17NO3/c28-25-27-23-21(16-15-20-19-13-7-8-14-22(19)29-24(20)23)26(30-25,17-9-3-1-4-10-17)18-11-5-2-6-12-18/h1-16H,(H,27,28). The number of amides is 1. The van der Waals surface area contributed by atoms with Crippen molar-refractivity contribution in [2.75, 3.05) is 5.32 Å². The zero-order chi connectivity index (χ0) is 20.1. The lowest BCUT2D eigenvalue weighted by Crippen LogP contribution is -2.41. The van der Waals surface area contributed by atoms with Crippen molar-refractivity contribution in [2.45, 2.75) is 5.60 Å². The van der Waals surface area contributed by atoms with Crippen molar-refractivity contribution in [1.29, 1.82) is 0 Å². The summed E-state index contributed by atoms with van der Waals surface area (Å²) < 4.78 is 12.3. The third-order valence-electron chi connectivity index (χ3n) is 5.76. The predicted octanol–water partition coefficient (Wildman–Crippen LogP) is 6.44. The quantitative estimate of drug-likeness (QED) is 0.377. The van der Waals surface area contributed by atoms with Crippen LogP contribution in [0.15, 0.2) is 101 Å². The lowest BCUT2D eigenvalue weighted by atomic mass is 9.78. The molecule has 1 aliphatic rings. The molecule has 1 aromatic heterocycles. The lowest BCUT2D eigenvalue weighted by molar-refractivity contribution is 0.0740. The van der Waals surface area contributed by atoms with Crippen LogP contribution >= 0.6 is 0 Å². The highest BCUT2D eigenvalue weighted by molar-refractivity contribution is 6.12. The van der Waals surface area contributed by atoms with E-state index in [9.17, 15) is 4.79 Å². The largest absolute Gasteiger partial charge is 0.454 e. The fourth-order valence-corrected chi connectivity index (χ4v) is 4.47. The summed E-state index contributed by atoms with van der Waals surface area (Å²) in [7, 11) is 0. The SMILES string of the molecule is O=C1Nc2c(ccc3c2oc2ccccc23)C(c2ccccc2)(c2ccccc2)O1. The molecule has 0 spiro atoms. The smallest absolute Gasteiger partial charge is 0.413 e. The van der Waals surface area contributed by atoms with Crippen molar-refractivity contribution < 1.29 is 13.9 Å². The van der Waals surface area contributed by atoms with Crippen LogP contribution in [0.1, 0.15) is 16.7 Å². The Bertz CT molecular complexity index is 1360. The van der Waals surface area contributed by atoms with Gasteiger partial charge >= 0.3 is 6.09 Å². The van der Waals surface area contributed by atoms with Gasteiger partial charge in [0.25, 0.3) is 0 Å². The molecule has 1 aliphatic heterocycles. The molecule has 0 unspecified atom stereocenters. The molecule has 4 aromatic carbocycles. The van der Waals surface area contributed by atoms with Gasteiger partial charge in [0.05, 0.1) is 5.69 Å². The summed E-state index contributed by atoms with van der Waals surface area (Å²) in [6, 6.07) is 31.6. The predicted molar refractivity (Wildman–Crippen MR) is 117 cm³/mol. The van der Waals surface area contributed by atoms with Crippen molar-refractivity contribution in [3.8, 4) is 0 Å². The van der Waals surface area contributed by atoms with E-state index in [1.165, 1.54) is 0 Å². The van der Waals surface area contributed by atoms with Crippen LogP contribution in [0.2, 0.25) is 0 Å². The fourth-order valence-electron chi connectivity index (χ4n) is 4.47. The Hall–Kier alpha value is -4.05. The number of benzene rings is 4. The summed E-state index contributed by atoms with van der Waals surface area (Å²) in [5, 5.41) is 4.88. The minimum atomic E-state index is -1.08. The summed E-state index contributed by atoms with van der Waals surface area (Å²) >= 11 is 0. The average Bonchev–Trinajstić information content (AvgIpc) is 3.19.